The zero-order chi connectivity index (χ0) is 15.3. The first-order valence-corrected chi connectivity index (χ1v) is 8.66. The van der Waals surface area contributed by atoms with Crippen molar-refractivity contribution in [2.45, 2.75) is 31.4 Å². The van der Waals surface area contributed by atoms with Crippen LogP contribution in [-0.4, -0.2) is 34.8 Å². The first-order valence-electron chi connectivity index (χ1n) is 7.12. The first kappa shape index (κ1) is 16.5. The number of rotatable bonds is 5. The number of hydrogen-bond acceptors (Lipinski definition) is 3. The third-order valence-electron chi connectivity index (χ3n) is 3.63. The van der Waals surface area contributed by atoms with Crippen molar-refractivity contribution in [2.24, 2.45) is 0 Å². The highest BCUT2D eigenvalue weighted by molar-refractivity contribution is 7.99. The molecule has 0 radical (unpaired) electrons. The van der Waals surface area contributed by atoms with E-state index in [0.29, 0.717) is 10.8 Å². The average Bonchev–Trinajstić information content (AvgIpc) is 2.90. The number of benzene rings is 1. The molecule has 1 saturated heterocycles. The quantitative estimate of drug-likeness (QED) is 0.778. The topological polar surface area (TPSA) is 61.4 Å². The first-order chi connectivity index (χ1) is 10.0. The summed E-state index contributed by atoms with van der Waals surface area (Å²) in [5.74, 6) is 1.62. The van der Waals surface area contributed by atoms with Gasteiger partial charge in [-0.1, -0.05) is 30.7 Å². The van der Waals surface area contributed by atoms with Crippen LogP contribution in [-0.2, 0) is 0 Å². The SMILES string of the molecule is CC[C@@H](NC(=O)NC[C@@]1(O)CCSC1)c1cccc(Cl)c1. The van der Waals surface area contributed by atoms with Gasteiger partial charge in [-0.3, -0.25) is 0 Å². The van der Waals surface area contributed by atoms with Crippen molar-refractivity contribution in [3.8, 4) is 0 Å². The highest BCUT2D eigenvalue weighted by Gasteiger charge is 2.32. The zero-order valence-electron chi connectivity index (χ0n) is 12.1. The molecule has 1 aromatic carbocycles. The van der Waals surface area contributed by atoms with Gasteiger partial charge in [0.25, 0.3) is 0 Å². The van der Waals surface area contributed by atoms with E-state index < -0.39 is 5.60 Å². The smallest absolute Gasteiger partial charge is 0.315 e. The van der Waals surface area contributed by atoms with Gasteiger partial charge in [-0.15, -0.1) is 0 Å². The van der Waals surface area contributed by atoms with E-state index in [1.165, 1.54) is 0 Å². The molecular weight excluding hydrogens is 308 g/mol. The summed E-state index contributed by atoms with van der Waals surface area (Å²) in [4.78, 5) is 12.0. The van der Waals surface area contributed by atoms with Crippen molar-refractivity contribution >= 4 is 29.4 Å². The number of amides is 2. The number of thioether (sulfide) groups is 1. The molecule has 2 rings (SSSR count). The van der Waals surface area contributed by atoms with Crippen LogP contribution in [0.4, 0.5) is 4.79 Å². The Labute approximate surface area is 134 Å². The highest BCUT2D eigenvalue weighted by atomic mass is 35.5. The molecular formula is C15H21ClN2O2S. The highest BCUT2D eigenvalue weighted by Crippen LogP contribution is 2.27. The van der Waals surface area contributed by atoms with Gasteiger partial charge in [0.2, 0.25) is 0 Å². The Kier molecular flexibility index (Phi) is 5.79. The van der Waals surface area contributed by atoms with Crippen molar-refractivity contribution in [1.82, 2.24) is 10.6 Å². The normalized spacial score (nSPS) is 22.8. The molecule has 1 aliphatic heterocycles. The van der Waals surface area contributed by atoms with Gasteiger partial charge in [-0.05, 0) is 36.3 Å². The number of halogens is 1. The summed E-state index contributed by atoms with van der Waals surface area (Å²) < 4.78 is 0. The lowest BCUT2D eigenvalue weighted by atomic mass is 10.0. The predicted molar refractivity (Wildman–Crippen MR) is 87.9 cm³/mol. The lowest BCUT2D eigenvalue weighted by Crippen LogP contribution is -2.47. The van der Waals surface area contributed by atoms with Gasteiger partial charge in [0.1, 0.15) is 0 Å². The van der Waals surface area contributed by atoms with Crippen LogP contribution >= 0.6 is 23.4 Å². The van der Waals surface area contributed by atoms with Crippen LogP contribution in [0.2, 0.25) is 5.02 Å². The molecule has 2 amide bonds. The maximum atomic E-state index is 12.0. The molecule has 1 aliphatic rings. The molecule has 0 unspecified atom stereocenters. The van der Waals surface area contributed by atoms with Crippen LogP contribution in [0, 0.1) is 0 Å². The third-order valence-corrected chi connectivity index (χ3v) is 5.09. The standard InChI is InChI=1S/C15H21ClN2O2S/c1-2-13(11-4-3-5-12(16)8-11)18-14(19)17-9-15(20)6-7-21-10-15/h3-5,8,13,20H,2,6-7,9-10H2,1H3,(H2,17,18,19)/t13-,15+/m1/s1. The number of nitrogens with one attached hydrogen (secondary N) is 2. The number of hydrogen-bond donors (Lipinski definition) is 3. The van der Waals surface area contributed by atoms with E-state index in [1.54, 1.807) is 11.8 Å². The number of aliphatic hydroxyl groups is 1. The van der Waals surface area contributed by atoms with Crippen molar-refractivity contribution in [1.29, 1.82) is 0 Å². The van der Waals surface area contributed by atoms with Gasteiger partial charge in [-0.25, -0.2) is 4.79 Å². The molecule has 1 fully saturated rings. The van der Waals surface area contributed by atoms with Crippen LogP contribution in [0.1, 0.15) is 31.4 Å². The fourth-order valence-corrected chi connectivity index (χ4v) is 3.83. The van der Waals surface area contributed by atoms with E-state index in [2.05, 4.69) is 10.6 Å². The molecule has 0 aliphatic carbocycles. The number of carbonyl (C=O) groups excluding carboxylic acids is 1. The second-order valence-corrected chi connectivity index (χ2v) is 6.91. The van der Waals surface area contributed by atoms with Crippen molar-refractivity contribution in [3.63, 3.8) is 0 Å². The number of urea groups is 1. The second-order valence-electron chi connectivity index (χ2n) is 5.37. The van der Waals surface area contributed by atoms with E-state index >= 15 is 0 Å². The molecule has 1 aromatic rings. The van der Waals surface area contributed by atoms with Gasteiger partial charge >= 0.3 is 6.03 Å². The fraction of sp³-hybridized carbons (Fsp3) is 0.533. The fourth-order valence-electron chi connectivity index (χ4n) is 2.33. The molecule has 21 heavy (non-hydrogen) atoms. The second kappa shape index (κ2) is 7.38. The van der Waals surface area contributed by atoms with Gasteiger partial charge in [0.05, 0.1) is 11.6 Å². The molecule has 4 nitrogen and oxygen atoms in total. The minimum absolute atomic E-state index is 0.0868. The van der Waals surface area contributed by atoms with Crippen molar-refractivity contribution in [3.05, 3.63) is 34.9 Å². The Hall–Kier alpha value is -0.910. The molecule has 0 bridgehead atoms. The maximum Gasteiger partial charge on any atom is 0.315 e. The largest absolute Gasteiger partial charge is 0.387 e. The lowest BCUT2D eigenvalue weighted by molar-refractivity contribution is 0.0698. The van der Waals surface area contributed by atoms with E-state index in [4.69, 9.17) is 11.6 Å². The van der Waals surface area contributed by atoms with E-state index in [1.807, 2.05) is 31.2 Å². The van der Waals surface area contributed by atoms with Gasteiger partial charge < -0.3 is 15.7 Å². The Balaban J connectivity index is 1.88. The third kappa shape index (κ3) is 4.80. The minimum atomic E-state index is -0.764. The monoisotopic (exact) mass is 328 g/mol. The summed E-state index contributed by atoms with van der Waals surface area (Å²) in [7, 11) is 0. The minimum Gasteiger partial charge on any atom is -0.387 e. The summed E-state index contributed by atoms with van der Waals surface area (Å²) in [5.41, 5.74) is 0.218. The van der Waals surface area contributed by atoms with E-state index in [0.717, 1.165) is 24.2 Å². The Morgan fingerprint density at radius 1 is 1.57 bits per heavy atom. The summed E-state index contributed by atoms with van der Waals surface area (Å²) in [6.07, 6.45) is 1.50. The van der Waals surface area contributed by atoms with Crippen LogP contribution in [0.25, 0.3) is 0 Å². The van der Waals surface area contributed by atoms with Crippen LogP contribution in [0.15, 0.2) is 24.3 Å². The Morgan fingerprint density at radius 2 is 2.38 bits per heavy atom. The molecule has 1 heterocycles. The summed E-state index contributed by atoms with van der Waals surface area (Å²) in [5, 5.41) is 16.6. The molecule has 0 aromatic heterocycles. The van der Waals surface area contributed by atoms with Gasteiger partial charge in [0.15, 0.2) is 0 Å². The molecule has 2 atom stereocenters. The molecule has 6 heteroatoms. The molecule has 0 saturated carbocycles. The summed E-state index contributed by atoms with van der Waals surface area (Å²) in [6, 6.07) is 7.14. The summed E-state index contributed by atoms with van der Waals surface area (Å²) >= 11 is 7.70. The van der Waals surface area contributed by atoms with Gasteiger partial charge in [-0.2, -0.15) is 11.8 Å². The van der Waals surface area contributed by atoms with E-state index in [-0.39, 0.29) is 18.6 Å². The van der Waals surface area contributed by atoms with Crippen molar-refractivity contribution < 1.29 is 9.90 Å². The van der Waals surface area contributed by atoms with Crippen LogP contribution in [0.5, 0.6) is 0 Å². The average molecular weight is 329 g/mol. The summed E-state index contributed by atoms with van der Waals surface area (Å²) in [6.45, 7) is 2.30. The Morgan fingerprint density at radius 3 is 3.00 bits per heavy atom. The number of carbonyl (C=O) groups is 1. The maximum absolute atomic E-state index is 12.0. The lowest BCUT2D eigenvalue weighted by Gasteiger charge is -2.23. The van der Waals surface area contributed by atoms with Crippen LogP contribution in [0.3, 0.4) is 0 Å². The molecule has 0 spiro atoms. The van der Waals surface area contributed by atoms with Crippen molar-refractivity contribution in [2.75, 3.05) is 18.1 Å². The Bertz CT molecular complexity index is 492. The molecule has 116 valence electrons. The zero-order valence-corrected chi connectivity index (χ0v) is 13.6. The van der Waals surface area contributed by atoms with E-state index in [9.17, 15) is 9.90 Å². The molecule has 3 N–H and O–H groups in total. The van der Waals surface area contributed by atoms with Gasteiger partial charge in [0, 0.05) is 17.3 Å². The van der Waals surface area contributed by atoms with Crippen LogP contribution < -0.4 is 10.6 Å². The predicted octanol–water partition coefficient (Wildman–Crippen LogP) is 2.96.